The summed E-state index contributed by atoms with van der Waals surface area (Å²) >= 11 is 0. The summed E-state index contributed by atoms with van der Waals surface area (Å²) in [6, 6.07) is 49.8. The maximum Gasteiger partial charge on any atom is 0.248 e. The second kappa shape index (κ2) is 10.1. The van der Waals surface area contributed by atoms with Crippen LogP contribution in [0.1, 0.15) is 0 Å². The molecule has 6 aromatic carbocycles. The third-order valence-corrected chi connectivity index (χ3v) is 8.29. The zero-order chi connectivity index (χ0) is 29.7. The molecule has 0 spiro atoms. The molecule has 0 atom stereocenters. The van der Waals surface area contributed by atoms with Gasteiger partial charge in [-0.2, -0.15) is 0 Å². The number of hydrogen-bond donors (Lipinski definition) is 2. The number of fused-ring (bicyclic) bond motifs is 4. The number of benzene rings is 6. The zero-order valence-corrected chi connectivity index (χ0v) is 24.1. The van der Waals surface area contributed by atoms with E-state index in [9.17, 15) is 0 Å². The number of nitrogens with one attached hydrogen (secondary N) is 2. The summed E-state index contributed by atoms with van der Waals surface area (Å²) in [7, 11) is 0. The van der Waals surface area contributed by atoms with Gasteiger partial charge in [0.25, 0.3) is 0 Å². The molecule has 1 aromatic heterocycles. The molecule has 0 radical (unpaired) electrons. The van der Waals surface area contributed by atoms with Crippen LogP contribution < -0.4 is 20.4 Å². The van der Waals surface area contributed by atoms with E-state index in [0.717, 1.165) is 68.0 Å². The minimum atomic E-state index is 0.478. The summed E-state index contributed by atoms with van der Waals surface area (Å²) in [4.78, 5) is 4.53. The van der Waals surface area contributed by atoms with Gasteiger partial charge >= 0.3 is 0 Å². The highest BCUT2D eigenvalue weighted by atomic mass is 16.4. The fourth-order valence-electron chi connectivity index (χ4n) is 6.17. The quantitative estimate of drug-likeness (QED) is 0.214. The maximum absolute atomic E-state index is 6.18. The molecule has 0 amide bonds. The Bertz CT molecular complexity index is 1940. The van der Waals surface area contributed by atoms with Crippen LogP contribution in [0.4, 0.5) is 56.9 Å². The van der Waals surface area contributed by atoms with Crippen molar-refractivity contribution in [2.45, 2.75) is 0 Å². The molecule has 0 saturated carbocycles. The van der Waals surface area contributed by atoms with Gasteiger partial charge in [0, 0.05) is 22.5 Å². The van der Waals surface area contributed by atoms with Crippen LogP contribution >= 0.6 is 0 Å². The molecule has 214 valence electrons. The van der Waals surface area contributed by atoms with Crippen molar-refractivity contribution in [3.05, 3.63) is 146 Å². The summed E-state index contributed by atoms with van der Waals surface area (Å²) < 4.78 is 6.18. The maximum atomic E-state index is 6.18. The van der Waals surface area contributed by atoms with Crippen LogP contribution in [-0.2, 0) is 0 Å². The second-order valence-electron chi connectivity index (χ2n) is 11.0. The first kappa shape index (κ1) is 25.2. The Morgan fingerprint density at radius 1 is 0.378 bits per heavy atom. The Kier molecular flexibility index (Phi) is 5.67. The summed E-state index contributed by atoms with van der Waals surface area (Å²) in [5.74, 6) is 0.957. The molecular weight excluding hydrogens is 556 g/mol. The van der Waals surface area contributed by atoms with E-state index in [1.54, 1.807) is 0 Å². The van der Waals surface area contributed by atoms with E-state index < -0.39 is 0 Å². The first-order chi connectivity index (χ1) is 22.3. The largest absolute Gasteiger partial charge is 0.416 e. The number of rotatable bonds is 4. The normalized spacial score (nSPS) is 12.7. The first-order valence-electron chi connectivity index (χ1n) is 14.8. The second-order valence-corrected chi connectivity index (χ2v) is 11.0. The first-order valence-corrected chi connectivity index (χ1v) is 14.8. The number of nitrogens with zero attached hydrogens (tertiary/aromatic N) is 4. The van der Waals surface area contributed by atoms with Crippen molar-refractivity contribution in [2.75, 3.05) is 20.4 Å². The highest BCUT2D eigenvalue weighted by molar-refractivity contribution is 5.98. The Labute approximate surface area is 260 Å². The van der Waals surface area contributed by atoms with E-state index in [1.807, 2.05) is 48.5 Å². The zero-order valence-electron chi connectivity index (χ0n) is 24.1. The van der Waals surface area contributed by atoms with E-state index in [0.29, 0.717) is 11.8 Å². The lowest BCUT2D eigenvalue weighted by Crippen LogP contribution is -2.17. The minimum absolute atomic E-state index is 0.478. The molecule has 0 aliphatic carbocycles. The lowest BCUT2D eigenvalue weighted by atomic mass is 10.1. The molecule has 0 fully saturated rings. The van der Waals surface area contributed by atoms with Crippen molar-refractivity contribution in [3.63, 3.8) is 0 Å². The Hall–Kier alpha value is -6.34. The molecule has 2 aliphatic rings. The average Bonchev–Trinajstić information content (AvgIpc) is 3.60. The summed E-state index contributed by atoms with van der Waals surface area (Å²) in [6.45, 7) is 0. The molecule has 0 unspecified atom stereocenters. The van der Waals surface area contributed by atoms with Crippen LogP contribution in [0.5, 0.6) is 0 Å². The van der Waals surface area contributed by atoms with Crippen molar-refractivity contribution in [1.29, 1.82) is 0 Å². The van der Waals surface area contributed by atoms with Gasteiger partial charge in [-0.05, 0) is 97.1 Å². The molecule has 0 bridgehead atoms. The monoisotopic (exact) mass is 582 g/mol. The predicted molar refractivity (Wildman–Crippen MR) is 181 cm³/mol. The van der Waals surface area contributed by atoms with Gasteiger partial charge in [0.05, 0.1) is 45.5 Å². The molecule has 7 heteroatoms. The molecule has 2 aliphatic heterocycles. The standard InChI is InChI=1S/C38H26N6O/c1-5-13-33-29(9-1)39-30-10-2-6-14-34(30)43(33)27-21-17-25(18-22-27)37-41-42-38(45-37)26-19-23-28(24-20-26)44-35-15-7-3-11-31(35)40-32-12-4-8-16-36(32)44/h1-24,39-40H. The van der Waals surface area contributed by atoms with Crippen molar-refractivity contribution in [2.24, 2.45) is 0 Å². The molecular formula is C38H26N6O. The van der Waals surface area contributed by atoms with Gasteiger partial charge < -0.3 is 24.9 Å². The summed E-state index contributed by atoms with van der Waals surface area (Å²) in [5.41, 5.74) is 12.5. The van der Waals surface area contributed by atoms with E-state index in [4.69, 9.17) is 4.42 Å². The SMILES string of the molecule is c1ccc2c(c1)Nc1ccccc1N2c1ccc(-c2nnc(-c3ccc(N4c5ccccc5Nc5ccccc54)cc3)o2)cc1. The lowest BCUT2D eigenvalue weighted by molar-refractivity contribution is 0.584. The van der Waals surface area contributed by atoms with Crippen molar-refractivity contribution >= 4 is 56.9 Å². The Morgan fingerprint density at radius 2 is 0.689 bits per heavy atom. The van der Waals surface area contributed by atoms with E-state index in [2.05, 4.69) is 128 Å². The summed E-state index contributed by atoms with van der Waals surface area (Å²) in [5, 5.41) is 15.9. The molecule has 7 nitrogen and oxygen atoms in total. The van der Waals surface area contributed by atoms with Crippen LogP contribution in [0.25, 0.3) is 22.9 Å². The Balaban J connectivity index is 1.00. The molecule has 3 heterocycles. The number of aromatic nitrogens is 2. The number of hydrogen-bond acceptors (Lipinski definition) is 7. The minimum Gasteiger partial charge on any atom is -0.416 e. The molecule has 7 aromatic rings. The van der Waals surface area contributed by atoms with Crippen LogP contribution in [-0.4, -0.2) is 10.2 Å². The highest BCUT2D eigenvalue weighted by Gasteiger charge is 2.25. The van der Waals surface area contributed by atoms with Gasteiger partial charge in [0.1, 0.15) is 0 Å². The van der Waals surface area contributed by atoms with Gasteiger partial charge in [-0.25, -0.2) is 0 Å². The third-order valence-electron chi connectivity index (χ3n) is 8.29. The van der Waals surface area contributed by atoms with Crippen LogP contribution in [0.15, 0.2) is 150 Å². The third kappa shape index (κ3) is 4.21. The molecule has 2 N–H and O–H groups in total. The van der Waals surface area contributed by atoms with Gasteiger partial charge in [-0.1, -0.05) is 48.5 Å². The molecule has 0 saturated heterocycles. The van der Waals surface area contributed by atoms with E-state index >= 15 is 0 Å². The highest BCUT2D eigenvalue weighted by Crippen LogP contribution is 2.49. The van der Waals surface area contributed by atoms with Crippen LogP contribution in [0.2, 0.25) is 0 Å². The molecule has 9 rings (SSSR count). The van der Waals surface area contributed by atoms with Gasteiger partial charge in [-0.15, -0.1) is 10.2 Å². The Morgan fingerprint density at radius 3 is 1.02 bits per heavy atom. The number of anilines is 10. The topological polar surface area (TPSA) is 69.5 Å². The van der Waals surface area contributed by atoms with Crippen molar-refractivity contribution < 1.29 is 4.42 Å². The van der Waals surface area contributed by atoms with Crippen molar-refractivity contribution in [1.82, 2.24) is 10.2 Å². The lowest BCUT2D eigenvalue weighted by Gasteiger charge is -2.33. The fraction of sp³-hybridized carbons (Fsp3) is 0. The van der Waals surface area contributed by atoms with E-state index in [1.165, 1.54) is 0 Å². The fourth-order valence-corrected chi connectivity index (χ4v) is 6.17. The number of para-hydroxylation sites is 8. The van der Waals surface area contributed by atoms with Crippen LogP contribution in [0.3, 0.4) is 0 Å². The average molecular weight is 583 g/mol. The van der Waals surface area contributed by atoms with Gasteiger partial charge in [0.15, 0.2) is 0 Å². The van der Waals surface area contributed by atoms with Crippen LogP contribution in [0, 0.1) is 0 Å². The smallest absolute Gasteiger partial charge is 0.248 e. The van der Waals surface area contributed by atoms with Crippen molar-refractivity contribution in [3.8, 4) is 22.9 Å². The van der Waals surface area contributed by atoms with Gasteiger partial charge in [0.2, 0.25) is 11.8 Å². The van der Waals surface area contributed by atoms with E-state index in [-0.39, 0.29) is 0 Å². The summed E-state index contributed by atoms with van der Waals surface area (Å²) in [6.07, 6.45) is 0. The van der Waals surface area contributed by atoms with Gasteiger partial charge in [-0.3, -0.25) is 0 Å². The molecule has 45 heavy (non-hydrogen) atoms. The predicted octanol–water partition coefficient (Wildman–Crippen LogP) is 10.5.